The third-order valence-electron chi connectivity index (χ3n) is 4.06. The topological polar surface area (TPSA) is 34.9 Å². The van der Waals surface area contributed by atoms with Gasteiger partial charge in [-0.25, -0.2) is 9.07 Å². The van der Waals surface area contributed by atoms with E-state index < -0.39 is 0 Å². The van der Waals surface area contributed by atoms with Crippen LogP contribution < -0.4 is 0 Å². The quantitative estimate of drug-likeness (QED) is 0.335. The Hall–Kier alpha value is -3.31. The summed E-state index contributed by atoms with van der Waals surface area (Å²) >= 11 is 1.41. The highest BCUT2D eigenvalue weighted by Crippen LogP contribution is 2.25. The summed E-state index contributed by atoms with van der Waals surface area (Å²) in [6.07, 6.45) is 5.17. The van der Waals surface area contributed by atoms with Crippen molar-refractivity contribution in [2.45, 2.75) is 0 Å². The van der Waals surface area contributed by atoms with E-state index in [1.807, 2.05) is 48.0 Å². The van der Waals surface area contributed by atoms with Crippen LogP contribution in [0.15, 0.2) is 84.4 Å². The molecule has 4 rings (SSSR count). The normalized spacial score (nSPS) is 11.1. The number of nitrogens with zero attached hydrogens (tertiary/aromatic N) is 2. The first-order valence-corrected chi connectivity index (χ1v) is 9.25. The van der Waals surface area contributed by atoms with Gasteiger partial charge in [-0.15, -0.1) is 11.3 Å². The molecule has 0 aliphatic rings. The largest absolute Gasteiger partial charge is 0.288 e. The van der Waals surface area contributed by atoms with Crippen molar-refractivity contribution >= 4 is 23.2 Å². The fourth-order valence-corrected chi connectivity index (χ4v) is 3.37. The molecule has 0 saturated carbocycles. The van der Waals surface area contributed by atoms with Crippen LogP contribution in [0.5, 0.6) is 0 Å². The summed E-state index contributed by atoms with van der Waals surface area (Å²) < 4.78 is 15.1. The summed E-state index contributed by atoms with van der Waals surface area (Å²) in [7, 11) is 0. The molecule has 0 aliphatic carbocycles. The number of halogens is 1. The second kappa shape index (κ2) is 7.51. The molecule has 0 N–H and O–H groups in total. The summed E-state index contributed by atoms with van der Waals surface area (Å²) in [6, 6.07) is 19.5. The van der Waals surface area contributed by atoms with E-state index in [0.717, 1.165) is 16.8 Å². The molecule has 0 spiro atoms. The molecular weight excluding hydrogens is 359 g/mol. The summed E-state index contributed by atoms with van der Waals surface area (Å²) in [5.41, 5.74) is 3.17. The van der Waals surface area contributed by atoms with Gasteiger partial charge in [-0.05, 0) is 60.0 Å². The van der Waals surface area contributed by atoms with Gasteiger partial charge in [-0.2, -0.15) is 5.10 Å². The minimum Gasteiger partial charge on any atom is -0.288 e. The Balaban J connectivity index is 1.75. The van der Waals surface area contributed by atoms with E-state index in [4.69, 9.17) is 0 Å². The second-order valence-electron chi connectivity index (χ2n) is 5.89. The number of para-hydroxylation sites is 1. The first kappa shape index (κ1) is 17.1. The van der Waals surface area contributed by atoms with E-state index in [1.165, 1.54) is 23.5 Å². The molecule has 27 heavy (non-hydrogen) atoms. The molecule has 4 aromatic rings. The zero-order chi connectivity index (χ0) is 18.6. The Morgan fingerprint density at radius 1 is 1.00 bits per heavy atom. The van der Waals surface area contributed by atoms with Crippen LogP contribution in [-0.4, -0.2) is 15.6 Å². The fraction of sp³-hybridized carbons (Fsp3) is 0. The minimum atomic E-state index is -0.300. The SMILES string of the molecule is O=C(/C=C/c1cn(-c2ccccc2)nc1-c1ccc(F)cc1)c1cccs1. The molecule has 0 aliphatic heterocycles. The van der Waals surface area contributed by atoms with Crippen molar-refractivity contribution in [3.8, 4) is 16.9 Å². The fourth-order valence-electron chi connectivity index (χ4n) is 2.72. The molecule has 0 unspecified atom stereocenters. The predicted octanol–water partition coefficient (Wildman–Crippen LogP) is 5.64. The lowest BCUT2D eigenvalue weighted by molar-refractivity contribution is 0.105. The van der Waals surface area contributed by atoms with Gasteiger partial charge in [-0.3, -0.25) is 4.79 Å². The molecular formula is C22H15FN2OS. The molecule has 2 aromatic heterocycles. The van der Waals surface area contributed by atoms with Gasteiger partial charge in [0.25, 0.3) is 0 Å². The number of hydrogen-bond donors (Lipinski definition) is 0. The molecule has 2 aromatic carbocycles. The molecule has 5 heteroatoms. The van der Waals surface area contributed by atoms with E-state index in [-0.39, 0.29) is 11.6 Å². The van der Waals surface area contributed by atoms with Crippen LogP contribution in [0.2, 0.25) is 0 Å². The maximum absolute atomic E-state index is 13.3. The molecule has 0 atom stereocenters. The Morgan fingerprint density at radius 3 is 2.48 bits per heavy atom. The Bertz CT molecular complexity index is 1080. The van der Waals surface area contributed by atoms with Gasteiger partial charge >= 0.3 is 0 Å². The molecule has 3 nitrogen and oxygen atoms in total. The van der Waals surface area contributed by atoms with Gasteiger partial charge in [0.05, 0.1) is 16.3 Å². The van der Waals surface area contributed by atoms with Crippen molar-refractivity contribution in [3.63, 3.8) is 0 Å². The van der Waals surface area contributed by atoms with Crippen molar-refractivity contribution < 1.29 is 9.18 Å². The molecule has 2 heterocycles. The van der Waals surface area contributed by atoms with Crippen LogP contribution in [0.25, 0.3) is 23.0 Å². The molecule has 132 valence electrons. The molecule has 0 amide bonds. The van der Waals surface area contributed by atoms with Crippen molar-refractivity contribution in [1.82, 2.24) is 9.78 Å². The van der Waals surface area contributed by atoms with E-state index >= 15 is 0 Å². The van der Waals surface area contributed by atoms with Crippen LogP contribution in [0.4, 0.5) is 4.39 Å². The average Bonchev–Trinajstić information content (AvgIpc) is 3.38. The van der Waals surface area contributed by atoms with Crippen LogP contribution in [0.3, 0.4) is 0 Å². The smallest absolute Gasteiger partial charge is 0.195 e. The van der Waals surface area contributed by atoms with Gasteiger partial charge in [-0.1, -0.05) is 24.3 Å². The predicted molar refractivity (Wildman–Crippen MR) is 107 cm³/mol. The highest BCUT2D eigenvalue weighted by atomic mass is 32.1. The summed E-state index contributed by atoms with van der Waals surface area (Å²) in [6.45, 7) is 0. The van der Waals surface area contributed by atoms with Gasteiger partial charge in [0.15, 0.2) is 5.78 Å². The summed E-state index contributed by atoms with van der Waals surface area (Å²) in [5.74, 6) is -0.353. The maximum atomic E-state index is 13.3. The minimum absolute atomic E-state index is 0.0532. The van der Waals surface area contributed by atoms with Crippen molar-refractivity contribution in [2.24, 2.45) is 0 Å². The lowest BCUT2D eigenvalue weighted by atomic mass is 10.1. The highest BCUT2D eigenvalue weighted by Gasteiger charge is 2.11. The van der Waals surface area contributed by atoms with Crippen LogP contribution >= 0.6 is 11.3 Å². The monoisotopic (exact) mass is 374 g/mol. The van der Waals surface area contributed by atoms with E-state index in [2.05, 4.69) is 5.10 Å². The number of thiophene rings is 1. The number of hydrogen-bond acceptors (Lipinski definition) is 3. The summed E-state index contributed by atoms with van der Waals surface area (Å²) in [4.78, 5) is 13.0. The summed E-state index contributed by atoms with van der Waals surface area (Å²) in [5, 5.41) is 6.53. The lowest BCUT2D eigenvalue weighted by Crippen LogP contribution is -1.94. The Kier molecular flexibility index (Phi) is 4.77. The van der Waals surface area contributed by atoms with Gasteiger partial charge in [0, 0.05) is 17.3 Å². The van der Waals surface area contributed by atoms with Crippen LogP contribution in [0, 0.1) is 5.82 Å². The zero-order valence-electron chi connectivity index (χ0n) is 14.2. The Labute approximate surface area is 160 Å². The number of aromatic nitrogens is 2. The number of rotatable bonds is 5. The van der Waals surface area contributed by atoms with E-state index in [1.54, 1.807) is 35.0 Å². The van der Waals surface area contributed by atoms with E-state index in [0.29, 0.717) is 10.6 Å². The van der Waals surface area contributed by atoms with Crippen molar-refractivity contribution in [3.05, 3.63) is 101 Å². The number of carbonyl (C=O) groups is 1. The number of ketones is 1. The van der Waals surface area contributed by atoms with Crippen molar-refractivity contribution in [1.29, 1.82) is 0 Å². The maximum Gasteiger partial charge on any atom is 0.195 e. The molecule has 0 fully saturated rings. The highest BCUT2D eigenvalue weighted by molar-refractivity contribution is 7.12. The first-order chi connectivity index (χ1) is 13.2. The second-order valence-corrected chi connectivity index (χ2v) is 6.84. The van der Waals surface area contributed by atoms with E-state index in [9.17, 15) is 9.18 Å². The number of benzene rings is 2. The van der Waals surface area contributed by atoms with Gasteiger partial charge < -0.3 is 0 Å². The third kappa shape index (κ3) is 3.78. The number of allylic oxidation sites excluding steroid dienone is 1. The van der Waals surface area contributed by atoms with Crippen molar-refractivity contribution in [2.75, 3.05) is 0 Å². The molecule has 0 saturated heterocycles. The number of carbonyl (C=O) groups excluding carboxylic acids is 1. The molecule has 0 bridgehead atoms. The van der Waals surface area contributed by atoms with Crippen LogP contribution in [0.1, 0.15) is 15.2 Å². The zero-order valence-corrected chi connectivity index (χ0v) is 15.1. The lowest BCUT2D eigenvalue weighted by Gasteiger charge is -2.00. The average molecular weight is 374 g/mol. The van der Waals surface area contributed by atoms with Gasteiger partial charge in [0.2, 0.25) is 0 Å². The van der Waals surface area contributed by atoms with Crippen LogP contribution in [-0.2, 0) is 0 Å². The third-order valence-corrected chi connectivity index (χ3v) is 4.94. The first-order valence-electron chi connectivity index (χ1n) is 8.38. The molecule has 0 radical (unpaired) electrons. The Morgan fingerprint density at radius 2 is 1.78 bits per heavy atom. The standard InChI is InChI=1S/C22H15FN2OS/c23-18-11-8-16(9-12-18)22-17(10-13-20(26)21-7-4-14-27-21)15-25(24-22)19-5-2-1-3-6-19/h1-15H/b13-10+. The van der Waals surface area contributed by atoms with Gasteiger partial charge in [0.1, 0.15) is 5.82 Å².